The summed E-state index contributed by atoms with van der Waals surface area (Å²) in [6.07, 6.45) is 35.9. The van der Waals surface area contributed by atoms with Gasteiger partial charge >= 0.3 is 17.9 Å². The van der Waals surface area contributed by atoms with E-state index in [0.717, 1.165) is 32.1 Å². The minimum absolute atomic E-state index is 0. The first-order chi connectivity index (χ1) is 35.0. The van der Waals surface area contributed by atoms with Crippen LogP contribution in [-0.4, -0.2) is 139 Å². The number of rotatable bonds is 52. The molecule has 0 amide bonds. The number of hydrogen-bond acceptors (Lipinski definition) is 15. The largest absolute Gasteiger partial charge is 0.756 e. The van der Waals surface area contributed by atoms with E-state index in [-0.39, 0.29) is 59.1 Å². The lowest BCUT2D eigenvalue weighted by molar-refractivity contribution is -0.870. The predicted octanol–water partition coefficient (Wildman–Crippen LogP) is 12.3. The summed E-state index contributed by atoms with van der Waals surface area (Å²) in [5.41, 5.74) is 0. The summed E-state index contributed by atoms with van der Waals surface area (Å²) in [6, 6.07) is 0. The summed E-state index contributed by atoms with van der Waals surface area (Å²) < 4.78 is 59.6. The van der Waals surface area contributed by atoms with Crippen LogP contribution in [0.25, 0.3) is 0 Å². The Morgan fingerprint density at radius 3 is 1.07 bits per heavy atom. The number of unbranched alkanes of at least 4 members (excludes halogenated alkanes) is 28. The van der Waals surface area contributed by atoms with Gasteiger partial charge in [0, 0.05) is 19.3 Å². The fourth-order valence-corrected chi connectivity index (χ4v) is 8.98. The van der Waals surface area contributed by atoms with E-state index >= 15 is 0 Å². The fourth-order valence-electron chi connectivity index (χ4n) is 7.52. The second kappa shape index (κ2) is 50.7. The molecule has 0 rings (SSSR count). The number of quaternary nitrogens is 2. The van der Waals surface area contributed by atoms with Gasteiger partial charge in [-0.3, -0.25) is 23.5 Å². The van der Waals surface area contributed by atoms with E-state index in [2.05, 4.69) is 27.6 Å². The molecule has 0 aliphatic carbocycles. The zero-order chi connectivity index (χ0) is 55.8. The van der Waals surface area contributed by atoms with Crippen molar-refractivity contribution in [1.82, 2.24) is 0 Å². The lowest BCUT2D eigenvalue weighted by Crippen LogP contribution is -2.37. The molecule has 0 aliphatic heterocycles. The van der Waals surface area contributed by atoms with Crippen LogP contribution in [0.3, 0.4) is 0 Å². The van der Waals surface area contributed by atoms with Gasteiger partial charge in [0.2, 0.25) is 0 Å². The monoisotopic (exact) mass is 1120 g/mol. The smallest absolute Gasteiger partial charge is 0.306 e. The molecule has 0 aromatic rings. The van der Waals surface area contributed by atoms with Gasteiger partial charge in [-0.25, -0.2) is 0 Å². The predicted molar refractivity (Wildman–Crippen MR) is 299 cm³/mol. The lowest BCUT2D eigenvalue weighted by Gasteiger charge is -2.28. The number of phosphoric ester groups is 2. The van der Waals surface area contributed by atoms with E-state index < -0.39 is 53.0 Å². The normalized spacial score (nSPS) is 14.1. The van der Waals surface area contributed by atoms with E-state index in [1.54, 1.807) is 6.92 Å². The van der Waals surface area contributed by atoms with Crippen LogP contribution in [0.4, 0.5) is 0 Å². The zero-order valence-electron chi connectivity index (χ0n) is 48.6. The number of aliphatic hydroxyl groups excluding tert-OH is 1. The first-order valence-electron chi connectivity index (χ1n) is 29.0. The summed E-state index contributed by atoms with van der Waals surface area (Å²) in [4.78, 5) is 59.7. The minimum atomic E-state index is -4.62. The Labute approximate surface area is 459 Å². The van der Waals surface area contributed by atoms with Crippen molar-refractivity contribution in [2.24, 2.45) is 0 Å². The van der Waals surface area contributed by atoms with Crippen molar-refractivity contribution in [3.63, 3.8) is 0 Å². The summed E-state index contributed by atoms with van der Waals surface area (Å²) in [5.74, 6) is -1.30. The number of carbonyl (C=O) groups is 3. The first kappa shape index (κ1) is 77.7. The molecule has 0 bridgehead atoms. The topological polar surface area (TPSA) is 216 Å². The Morgan fingerprint density at radius 1 is 0.427 bits per heavy atom. The van der Waals surface area contributed by atoms with Gasteiger partial charge in [0.25, 0.3) is 15.6 Å². The Bertz CT molecular complexity index is 1430. The van der Waals surface area contributed by atoms with Crippen molar-refractivity contribution in [2.45, 2.75) is 252 Å². The van der Waals surface area contributed by atoms with E-state index in [1.807, 2.05) is 42.3 Å². The van der Waals surface area contributed by atoms with Crippen LogP contribution in [-0.2, 0) is 55.8 Å². The summed E-state index contributed by atoms with van der Waals surface area (Å²) >= 11 is 0. The van der Waals surface area contributed by atoms with Crippen molar-refractivity contribution >= 4 is 33.6 Å². The van der Waals surface area contributed by atoms with Gasteiger partial charge < -0.3 is 56.2 Å². The van der Waals surface area contributed by atoms with Gasteiger partial charge in [0.05, 0.1) is 55.5 Å². The number of likely N-dealkylation sites (N-methyl/N-ethyl adjacent to an activating group) is 2. The quantitative estimate of drug-likeness (QED) is 0.0197. The maximum absolute atomic E-state index is 12.7. The number of aliphatic hydroxyl groups is 1. The summed E-state index contributed by atoms with van der Waals surface area (Å²) in [7, 11) is 2.42. The number of esters is 3. The number of hydrogen-bond donors (Lipinski definition) is 1. The van der Waals surface area contributed by atoms with Crippen LogP contribution in [0.1, 0.15) is 240 Å². The highest BCUT2D eigenvalue weighted by Gasteiger charge is 2.22. The second-order valence-corrected chi connectivity index (χ2v) is 24.9. The molecule has 0 saturated heterocycles. The summed E-state index contributed by atoms with van der Waals surface area (Å²) in [6.45, 7) is 5.53. The molecule has 0 saturated carbocycles. The van der Waals surface area contributed by atoms with Crippen LogP contribution >= 0.6 is 15.6 Å². The second-order valence-electron chi connectivity index (χ2n) is 22.1. The van der Waals surface area contributed by atoms with Gasteiger partial charge in [-0.2, -0.15) is 0 Å². The zero-order valence-corrected chi connectivity index (χ0v) is 50.4. The van der Waals surface area contributed by atoms with Crippen molar-refractivity contribution in [3.8, 4) is 0 Å². The molecule has 0 aromatic carbocycles. The van der Waals surface area contributed by atoms with E-state index in [4.69, 9.17) is 18.5 Å². The fraction of sp³-hybridized carbons (Fsp3) is 0.946. The van der Waals surface area contributed by atoms with E-state index in [9.17, 15) is 38.4 Å². The lowest BCUT2D eigenvalue weighted by atomic mass is 10.0. The van der Waals surface area contributed by atoms with Gasteiger partial charge in [0.1, 0.15) is 45.6 Å². The Balaban J connectivity index is -0.00000207. The van der Waals surface area contributed by atoms with Crippen LogP contribution in [0, 0.1) is 0 Å². The number of nitrogens with zero attached hydrogens (tertiary/aromatic N) is 2. The average Bonchev–Trinajstić information content (AvgIpc) is 3.32. The van der Waals surface area contributed by atoms with Gasteiger partial charge in [-0.15, -0.1) is 0 Å². The molecule has 1 N–H and O–H groups in total. The Morgan fingerprint density at radius 2 is 0.733 bits per heavy atom. The van der Waals surface area contributed by atoms with Crippen LogP contribution in [0.15, 0.2) is 0 Å². The number of ether oxygens (including phenoxy) is 3. The molecule has 0 fully saturated rings. The molecule has 4 atom stereocenters. The van der Waals surface area contributed by atoms with Crippen LogP contribution in [0.2, 0.25) is 0 Å². The van der Waals surface area contributed by atoms with Crippen molar-refractivity contribution < 1.29 is 79.7 Å². The third kappa shape index (κ3) is 61.6. The molecule has 0 aliphatic rings. The third-order valence-electron chi connectivity index (χ3n) is 12.3. The molecule has 75 heavy (non-hydrogen) atoms. The molecule has 0 spiro atoms. The third-order valence-corrected chi connectivity index (χ3v) is 14.2. The molecule has 450 valence electrons. The van der Waals surface area contributed by atoms with E-state index in [1.165, 1.54) is 154 Å². The van der Waals surface area contributed by atoms with Crippen molar-refractivity contribution in [1.29, 1.82) is 0 Å². The van der Waals surface area contributed by atoms with Crippen molar-refractivity contribution in [2.75, 3.05) is 95.0 Å². The molecule has 19 heteroatoms. The molecule has 2 unspecified atom stereocenters. The Hall–Kier alpha value is -1.49. The Kier molecular flexibility index (Phi) is 52.6. The van der Waals surface area contributed by atoms with Gasteiger partial charge in [-0.1, -0.05) is 208 Å². The highest BCUT2D eigenvalue weighted by atomic mass is 31.2. The highest BCUT2D eigenvalue weighted by molar-refractivity contribution is 7.46. The maximum atomic E-state index is 12.7. The SMILES string of the molecule is C.CCC(=O)OC[C@H](O)COP(=O)([O-])OCC[N+](C)(C)C.CCCCCCCCCCCCCCCCCC(=O)OC[C@@H](COP(=O)([O-])OCC[N+](C)(C)C)OC(=O)CCCCCCCCCCCCCCCCC. The molecule has 0 heterocycles. The molecular weight excluding hydrogens is 1000 g/mol. The molecule has 17 nitrogen and oxygen atoms in total. The first-order valence-corrected chi connectivity index (χ1v) is 32.0. The number of carbonyl (C=O) groups excluding carboxylic acids is 3. The minimum Gasteiger partial charge on any atom is -0.756 e. The average molecular weight is 1120 g/mol. The standard InChI is InChI=1S/C44H88NO8P.C11H24NO7P.CH4/c1-6-8-10-12-14-16-18-20-22-24-26-28-30-32-34-36-43(46)50-40-42(41-52-54(48,49)51-39-38-45(3,4)5)53-44(47)37-35-33-31-29-27-25-23-21-19-17-15-13-11-9-7-2;1-5-11(14)17-8-10(13)9-19-20(15,16)18-7-6-12(2,3)4;/h42H,6-41H2,1-5H3;10,13H,5-9H2,1-4H3;1H4/t42-;10-;/m00./s1. The van der Waals surface area contributed by atoms with Gasteiger partial charge in [-0.05, 0) is 12.8 Å². The van der Waals surface area contributed by atoms with Crippen LogP contribution < -0.4 is 9.79 Å². The number of phosphoric acid groups is 2. The van der Waals surface area contributed by atoms with Gasteiger partial charge in [0.15, 0.2) is 6.10 Å². The molecular formula is C56H116N2O15P2. The highest BCUT2D eigenvalue weighted by Crippen LogP contribution is 2.39. The summed E-state index contributed by atoms with van der Waals surface area (Å²) in [5, 5.41) is 9.39. The molecule has 0 aromatic heterocycles. The molecule has 0 radical (unpaired) electrons. The van der Waals surface area contributed by atoms with Crippen LogP contribution in [0.5, 0.6) is 0 Å². The van der Waals surface area contributed by atoms with Crippen molar-refractivity contribution in [3.05, 3.63) is 0 Å². The maximum Gasteiger partial charge on any atom is 0.306 e. The van der Waals surface area contributed by atoms with E-state index in [0.29, 0.717) is 28.5 Å².